The van der Waals surface area contributed by atoms with Crippen molar-refractivity contribution in [2.24, 2.45) is 5.73 Å². The summed E-state index contributed by atoms with van der Waals surface area (Å²) in [6.07, 6.45) is 0.125. The molecule has 0 rings (SSSR count). The minimum atomic E-state index is -0.834. The van der Waals surface area contributed by atoms with E-state index in [-0.39, 0.29) is 24.4 Å². The first-order chi connectivity index (χ1) is 6.17. The second-order valence-corrected chi connectivity index (χ2v) is 2.18. The van der Waals surface area contributed by atoms with Crippen molar-refractivity contribution in [3.05, 3.63) is 11.3 Å². The van der Waals surface area contributed by atoms with E-state index in [1.54, 1.807) is 13.0 Å². The molecule has 0 aromatic heterocycles. The number of carbonyl (C=O) groups excluding carboxylic acids is 1. The van der Waals surface area contributed by atoms with Gasteiger partial charge in [0.1, 0.15) is 11.8 Å². The van der Waals surface area contributed by atoms with E-state index in [9.17, 15) is 4.79 Å². The second kappa shape index (κ2) is 6.03. The predicted octanol–water partition coefficient (Wildman–Crippen LogP) is -0.332. The molecule has 13 heavy (non-hydrogen) atoms. The average Bonchev–Trinajstić information content (AvgIpc) is 2.05. The first-order valence-electron chi connectivity index (χ1n) is 3.84. The molecule has 1 amide bonds. The summed E-state index contributed by atoms with van der Waals surface area (Å²) in [4.78, 5) is 10.7. The molecule has 0 heterocycles. The Balaban J connectivity index is 4.79. The summed E-state index contributed by atoms with van der Waals surface area (Å²) in [6.45, 7) is 1.86. The quantitative estimate of drug-likeness (QED) is 0.347. The second-order valence-electron chi connectivity index (χ2n) is 2.18. The first kappa shape index (κ1) is 11.5. The van der Waals surface area contributed by atoms with E-state index in [1.165, 1.54) is 0 Å². The fourth-order valence-corrected chi connectivity index (χ4v) is 0.800. The van der Waals surface area contributed by atoms with Crippen LogP contribution in [0.1, 0.15) is 13.3 Å². The molecule has 0 saturated heterocycles. The van der Waals surface area contributed by atoms with Gasteiger partial charge in [-0.3, -0.25) is 4.79 Å². The zero-order valence-corrected chi connectivity index (χ0v) is 7.41. The van der Waals surface area contributed by atoms with Crippen molar-refractivity contribution < 1.29 is 14.6 Å². The predicted molar refractivity (Wildman–Crippen MR) is 45.2 cm³/mol. The lowest BCUT2D eigenvalue weighted by molar-refractivity contribution is -0.114. The first-order valence-corrected chi connectivity index (χ1v) is 3.84. The van der Waals surface area contributed by atoms with Crippen molar-refractivity contribution in [1.82, 2.24) is 0 Å². The van der Waals surface area contributed by atoms with Gasteiger partial charge in [0.05, 0.1) is 13.2 Å². The van der Waals surface area contributed by atoms with Crippen LogP contribution < -0.4 is 5.73 Å². The molecule has 0 aliphatic rings. The molecule has 0 aromatic carbocycles. The van der Waals surface area contributed by atoms with Crippen LogP contribution in [0.15, 0.2) is 11.3 Å². The van der Waals surface area contributed by atoms with Gasteiger partial charge < -0.3 is 15.6 Å². The van der Waals surface area contributed by atoms with Gasteiger partial charge in [-0.05, 0) is 6.92 Å². The fourth-order valence-electron chi connectivity index (χ4n) is 0.800. The van der Waals surface area contributed by atoms with Crippen LogP contribution in [-0.2, 0) is 9.53 Å². The molecule has 0 aromatic rings. The van der Waals surface area contributed by atoms with Gasteiger partial charge in [0.25, 0.3) is 5.91 Å². The van der Waals surface area contributed by atoms with Gasteiger partial charge >= 0.3 is 0 Å². The van der Waals surface area contributed by atoms with Gasteiger partial charge in [0.15, 0.2) is 5.57 Å². The van der Waals surface area contributed by atoms with Crippen LogP contribution >= 0.6 is 0 Å². The van der Waals surface area contributed by atoms with E-state index in [0.29, 0.717) is 6.61 Å². The maximum atomic E-state index is 10.7. The van der Waals surface area contributed by atoms with Crippen molar-refractivity contribution in [1.29, 1.82) is 5.26 Å². The summed E-state index contributed by atoms with van der Waals surface area (Å²) in [5.41, 5.74) is 4.70. The minimum absolute atomic E-state index is 0.125. The average molecular weight is 184 g/mol. The molecule has 0 saturated carbocycles. The van der Waals surface area contributed by atoms with E-state index in [1.807, 2.05) is 0 Å². The number of rotatable bonds is 5. The summed E-state index contributed by atoms with van der Waals surface area (Å²) >= 11 is 0. The standard InChI is InChI=1S/C8H12N2O3/c1-2-13-7(3-4-11)6(5-9)8(10)12/h11H,2-4H2,1H3,(H2,10,12)/b7-6+. The van der Waals surface area contributed by atoms with E-state index < -0.39 is 5.91 Å². The van der Waals surface area contributed by atoms with Crippen molar-refractivity contribution in [3.63, 3.8) is 0 Å². The highest BCUT2D eigenvalue weighted by Gasteiger charge is 2.12. The minimum Gasteiger partial charge on any atom is -0.497 e. The number of carbonyl (C=O) groups is 1. The van der Waals surface area contributed by atoms with Crippen molar-refractivity contribution in [3.8, 4) is 6.07 Å². The molecule has 0 unspecified atom stereocenters. The Hall–Kier alpha value is -1.54. The van der Waals surface area contributed by atoms with Crippen LogP contribution in [0.4, 0.5) is 0 Å². The maximum absolute atomic E-state index is 10.7. The molecule has 72 valence electrons. The third kappa shape index (κ3) is 3.58. The highest BCUT2D eigenvalue weighted by atomic mass is 16.5. The molecule has 0 fully saturated rings. The van der Waals surface area contributed by atoms with Gasteiger partial charge in [-0.1, -0.05) is 0 Å². The van der Waals surface area contributed by atoms with E-state index in [2.05, 4.69) is 0 Å². The third-order valence-corrected chi connectivity index (χ3v) is 1.29. The largest absolute Gasteiger partial charge is 0.497 e. The number of aliphatic hydroxyl groups excluding tert-OH is 1. The lowest BCUT2D eigenvalue weighted by atomic mass is 10.2. The van der Waals surface area contributed by atoms with Crippen LogP contribution in [0.3, 0.4) is 0 Å². The summed E-state index contributed by atoms with van der Waals surface area (Å²) < 4.78 is 4.99. The number of primary amides is 1. The Morgan fingerprint density at radius 3 is 2.62 bits per heavy atom. The number of hydrogen-bond donors (Lipinski definition) is 2. The molecule has 0 aliphatic carbocycles. The Bertz CT molecular complexity index is 245. The summed E-state index contributed by atoms with van der Waals surface area (Å²) in [5, 5.41) is 17.2. The lowest BCUT2D eigenvalue weighted by Crippen LogP contribution is -2.16. The number of ether oxygens (including phenoxy) is 1. The third-order valence-electron chi connectivity index (χ3n) is 1.29. The van der Waals surface area contributed by atoms with Gasteiger partial charge in [0, 0.05) is 6.42 Å². The molecule has 5 heteroatoms. The van der Waals surface area contributed by atoms with Crippen molar-refractivity contribution in [2.45, 2.75) is 13.3 Å². The number of amides is 1. The molecule has 0 atom stereocenters. The van der Waals surface area contributed by atoms with Gasteiger partial charge in [-0.15, -0.1) is 0 Å². The molecule has 5 nitrogen and oxygen atoms in total. The van der Waals surface area contributed by atoms with Gasteiger partial charge in [-0.2, -0.15) is 5.26 Å². The Morgan fingerprint density at radius 2 is 2.31 bits per heavy atom. The van der Waals surface area contributed by atoms with Crippen LogP contribution in [0.25, 0.3) is 0 Å². The summed E-state index contributed by atoms with van der Waals surface area (Å²) in [7, 11) is 0. The monoisotopic (exact) mass is 184 g/mol. The molecule has 0 aliphatic heterocycles. The Kier molecular flexibility index (Phi) is 5.32. The Labute approximate surface area is 76.4 Å². The fraction of sp³-hybridized carbons (Fsp3) is 0.500. The van der Waals surface area contributed by atoms with Gasteiger partial charge in [0.2, 0.25) is 0 Å². The number of hydrogen-bond acceptors (Lipinski definition) is 4. The normalized spacial score (nSPS) is 11.5. The van der Waals surface area contributed by atoms with Crippen LogP contribution in [-0.4, -0.2) is 24.2 Å². The maximum Gasteiger partial charge on any atom is 0.262 e. The van der Waals surface area contributed by atoms with Crippen LogP contribution in [0, 0.1) is 11.3 Å². The molecular weight excluding hydrogens is 172 g/mol. The molecular formula is C8H12N2O3. The van der Waals surface area contributed by atoms with E-state index >= 15 is 0 Å². The number of nitrogens with zero attached hydrogens (tertiary/aromatic N) is 1. The zero-order chi connectivity index (χ0) is 10.3. The number of nitriles is 1. The lowest BCUT2D eigenvalue weighted by Gasteiger charge is -2.07. The van der Waals surface area contributed by atoms with Crippen molar-refractivity contribution >= 4 is 5.91 Å². The summed E-state index contributed by atoms with van der Waals surface area (Å²) in [6, 6.07) is 1.64. The number of aliphatic hydroxyl groups is 1. The van der Waals surface area contributed by atoms with Crippen LogP contribution in [0.2, 0.25) is 0 Å². The molecule has 0 radical (unpaired) electrons. The summed E-state index contributed by atoms with van der Waals surface area (Å²) in [5.74, 6) is -0.681. The molecule has 0 spiro atoms. The van der Waals surface area contributed by atoms with Crippen LogP contribution in [0.5, 0.6) is 0 Å². The highest BCUT2D eigenvalue weighted by Crippen LogP contribution is 2.09. The molecule has 3 N–H and O–H groups in total. The smallest absolute Gasteiger partial charge is 0.262 e. The van der Waals surface area contributed by atoms with E-state index in [4.69, 9.17) is 20.8 Å². The number of nitrogens with two attached hydrogens (primary N) is 1. The topological polar surface area (TPSA) is 96.3 Å². The molecule has 0 bridgehead atoms. The van der Waals surface area contributed by atoms with Crippen molar-refractivity contribution in [2.75, 3.05) is 13.2 Å². The Morgan fingerprint density at radius 1 is 1.69 bits per heavy atom. The van der Waals surface area contributed by atoms with E-state index in [0.717, 1.165) is 0 Å². The SMILES string of the molecule is CCO/C(CCO)=C(\C#N)C(N)=O. The highest BCUT2D eigenvalue weighted by molar-refractivity contribution is 5.96. The van der Waals surface area contributed by atoms with Gasteiger partial charge in [-0.25, -0.2) is 0 Å². The zero-order valence-electron chi connectivity index (χ0n) is 7.41.